The molecule has 0 saturated heterocycles. The molecule has 0 saturated carbocycles. The number of rotatable bonds is 7. The molecular formula is C13H25NO4. The van der Waals surface area contributed by atoms with E-state index in [0.717, 1.165) is 0 Å². The molecule has 0 N–H and O–H groups in total. The van der Waals surface area contributed by atoms with Crippen LogP contribution < -0.4 is 0 Å². The molecular weight excluding hydrogens is 234 g/mol. The third-order valence-corrected chi connectivity index (χ3v) is 2.89. The predicted octanol–water partition coefficient (Wildman–Crippen LogP) is 2.44. The highest BCUT2D eigenvalue weighted by molar-refractivity contribution is 5.74. The van der Waals surface area contributed by atoms with Crippen molar-refractivity contribution >= 4 is 12.1 Å². The summed E-state index contributed by atoms with van der Waals surface area (Å²) >= 11 is 0. The normalized spacial score (nSPS) is 13.6. The van der Waals surface area contributed by atoms with Crippen molar-refractivity contribution in [2.24, 2.45) is 5.92 Å². The van der Waals surface area contributed by atoms with E-state index < -0.39 is 12.0 Å². The van der Waals surface area contributed by atoms with Crippen molar-refractivity contribution in [3.05, 3.63) is 0 Å². The van der Waals surface area contributed by atoms with Gasteiger partial charge >= 0.3 is 12.1 Å². The summed E-state index contributed by atoms with van der Waals surface area (Å²) in [6.45, 7) is 10.7. The Bertz CT molecular complexity index is 264. The zero-order valence-corrected chi connectivity index (χ0v) is 12.1. The molecule has 106 valence electrons. The lowest BCUT2D eigenvalue weighted by Gasteiger charge is -2.25. The van der Waals surface area contributed by atoms with E-state index in [1.807, 2.05) is 20.8 Å². The van der Waals surface area contributed by atoms with Crippen molar-refractivity contribution in [1.29, 1.82) is 0 Å². The van der Waals surface area contributed by atoms with Crippen molar-refractivity contribution in [2.75, 3.05) is 19.7 Å². The minimum absolute atomic E-state index is 0.323. The van der Waals surface area contributed by atoms with E-state index in [2.05, 4.69) is 0 Å². The maximum atomic E-state index is 11.8. The highest BCUT2D eigenvalue weighted by Crippen LogP contribution is 2.14. The zero-order chi connectivity index (χ0) is 14.1. The zero-order valence-electron chi connectivity index (χ0n) is 12.1. The molecule has 18 heavy (non-hydrogen) atoms. The molecule has 0 aromatic heterocycles. The molecule has 0 aromatic carbocycles. The van der Waals surface area contributed by atoms with Gasteiger partial charge in [-0.15, -0.1) is 0 Å². The van der Waals surface area contributed by atoms with E-state index in [1.54, 1.807) is 18.7 Å². The number of nitrogens with zero attached hydrogens (tertiary/aromatic N) is 1. The fourth-order valence-electron chi connectivity index (χ4n) is 1.65. The highest BCUT2D eigenvalue weighted by Gasteiger charge is 2.28. The van der Waals surface area contributed by atoms with Gasteiger partial charge in [-0.25, -0.2) is 4.79 Å². The van der Waals surface area contributed by atoms with E-state index in [0.29, 0.717) is 26.1 Å². The summed E-state index contributed by atoms with van der Waals surface area (Å²) in [4.78, 5) is 25.0. The molecule has 1 amide bonds. The summed E-state index contributed by atoms with van der Waals surface area (Å²) in [5.74, 6) is -0.758. The molecule has 0 bridgehead atoms. The SMILES string of the molecule is CCOC(=O)C(C)C(CC)OC(=O)N(CC)CC. The Morgan fingerprint density at radius 1 is 1.11 bits per heavy atom. The highest BCUT2D eigenvalue weighted by atomic mass is 16.6. The van der Waals surface area contributed by atoms with Gasteiger partial charge in [0, 0.05) is 13.1 Å². The van der Waals surface area contributed by atoms with Crippen LogP contribution in [0.15, 0.2) is 0 Å². The van der Waals surface area contributed by atoms with Crippen molar-refractivity contribution in [2.45, 2.75) is 47.1 Å². The van der Waals surface area contributed by atoms with Gasteiger partial charge in [0.05, 0.1) is 12.5 Å². The summed E-state index contributed by atoms with van der Waals surface area (Å²) in [6, 6.07) is 0. The topological polar surface area (TPSA) is 55.8 Å². The van der Waals surface area contributed by atoms with E-state index in [-0.39, 0.29) is 12.1 Å². The van der Waals surface area contributed by atoms with E-state index in [9.17, 15) is 9.59 Å². The third-order valence-electron chi connectivity index (χ3n) is 2.89. The second-order valence-electron chi connectivity index (χ2n) is 4.04. The first-order valence-electron chi connectivity index (χ1n) is 6.63. The quantitative estimate of drug-likeness (QED) is 0.659. The Hall–Kier alpha value is -1.26. The number of ether oxygens (including phenoxy) is 2. The molecule has 5 heteroatoms. The standard InChI is InChI=1S/C13H25NO4/c1-6-11(10(5)12(15)17-9-4)18-13(16)14(7-2)8-3/h10-11H,6-9H2,1-5H3. The largest absolute Gasteiger partial charge is 0.466 e. The van der Waals surface area contributed by atoms with Gasteiger partial charge in [0.25, 0.3) is 0 Å². The monoisotopic (exact) mass is 259 g/mol. The first-order chi connectivity index (χ1) is 8.51. The van der Waals surface area contributed by atoms with E-state index in [1.165, 1.54) is 0 Å². The molecule has 0 heterocycles. The lowest BCUT2D eigenvalue weighted by atomic mass is 10.0. The van der Waals surface area contributed by atoms with Gasteiger partial charge < -0.3 is 14.4 Å². The molecule has 2 atom stereocenters. The molecule has 2 unspecified atom stereocenters. The summed E-state index contributed by atoms with van der Waals surface area (Å²) in [7, 11) is 0. The van der Waals surface area contributed by atoms with Crippen molar-refractivity contribution in [3.63, 3.8) is 0 Å². The molecule has 0 radical (unpaired) electrons. The lowest BCUT2D eigenvalue weighted by Crippen LogP contribution is -2.38. The molecule has 0 aromatic rings. The van der Waals surface area contributed by atoms with Gasteiger partial charge in [-0.1, -0.05) is 6.92 Å². The summed E-state index contributed by atoms with van der Waals surface area (Å²) < 4.78 is 10.3. The average molecular weight is 259 g/mol. The molecule has 0 rings (SSSR count). The van der Waals surface area contributed by atoms with Crippen LogP contribution >= 0.6 is 0 Å². The number of carbonyl (C=O) groups is 2. The van der Waals surface area contributed by atoms with Crippen LogP contribution in [0.3, 0.4) is 0 Å². The van der Waals surface area contributed by atoms with Crippen LogP contribution in [0, 0.1) is 5.92 Å². The molecule has 0 fully saturated rings. The number of hydrogen-bond donors (Lipinski definition) is 0. The van der Waals surface area contributed by atoms with Crippen molar-refractivity contribution in [3.8, 4) is 0 Å². The Morgan fingerprint density at radius 3 is 2.06 bits per heavy atom. The van der Waals surface area contributed by atoms with Crippen LogP contribution in [0.2, 0.25) is 0 Å². The van der Waals surface area contributed by atoms with Crippen LogP contribution in [0.4, 0.5) is 4.79 Å². The Kier molecular flexibility index (Phi) is 8.16. The van der Waals surface area contributed by atoms with E-state index >= 15 is 0 Å². The Labute approximate surface area is 109 Å². The lowest BCUT2D eigenvalue weighted by molar-refractivity contribution is -0.151. The molecule has 0 aliphatic carbocycles. The smallest absolute Gasteiger partial charge is 0.410 e. The maximum Gasteiger partial charge on any atom is 0.410 e. The van der Waals surface area contributed by atoms with Gasteiger partial charge in [-0.2, -0.15) is 0 Å². The number of carbonyl (C=O) groups excluding carboxylic acids is 2. The minimum atomic E-state index is -0.436. The molecule has 5 nitrogen and oxygen atoms in total. The maximum absolute atomic E-state index is 11.8. The fraction of sp³-hybridized carbons (Fsp3) is 0.846. The van der Waals surface area contributed by atoms with Crippen LogP contribution in [0.5, 0.6) is 0 Å². The average Bonchev–Trinajstić information content (AvgIpc) is 2.36. The summed E-state index contributed by atoms with van der Waals surface area (Å²) in [6.07, 6.45) is -0.215. The van der Waals surface area contributed by atoms with Crippen LogP contribution in [-0.4, -0.2) is 42.8 Å². The van der Waals surface area contributed by atoms with Gasteiger partial charge in [0.15, 0.2) is 0 Å². The van der Waals surface area contributed by atoms with Gasteiger partial charge in [-0.3, -0.25) is 4.79 Å². The van der Waals surface area contributed by atoms with Gasteiger partial charge in [0.1, 0.15) is 6.10 Å². The Balaban J connectivity index is 4.50. The summed E-state index contributed by atoms with van der Waals surface area (Å²) in [5.41, 5.74) is 0. The minimum Gasteiger partial charge on any atom is -0.466 e. The molecule has 0 aliphatic rings. The van der Waals surface area contributed by atoms with Crippen LogP contribution in [0.1, 0.15) is 41.0 Å². The first-order valence-corrected chi connectivity index (χ1v) is 6.63. The van der Waals surface area contributed by atoms with Gasteiger partial charge in [-0.05, 0) is 34.1 Å². The number of esters is 1. The number of amides is 1. The van der Waals surface area contributed by atoms with Crippen molar-refractivity contribution < 1.29 is 19.1 Å². The fourth-order valence-corrected chi connectivity index (χ4v) is 1.65. The van der Waals surface area contributed by atoms with Crippen LogP contribution in [-0.2, 0) is 14.3 Å². The summed E-state index contributed by atoms with van der Waals surface area (Å²) in [5, 5.41) is 0. The molecule has 0 aliphatic heterocycles. The van der Waals surface area contributed by atoms with E-state index in [4.69, 9.17) is 9.47 Å². The Morgan fingerprint density at radius 2 is 1.67 bits per heavy atom. The second-order valence-corrected chi connectivity index (χ2v) is 4.04. The first kappa shape index (κ1) is 16.7. The second kappa shape index (κ2) is 8.78. The number of hydrogen-bond acceptors (Lipinski definition) is 4. The van der Waals surface area contributed by atoms with Crippen LogP contribution in [0.25, 0.3) is 0 Å². The third kappa shape index (κ3) is 4.94. The van der Waals surface area contributed by atoms with Gasteiger partial charge in [0.2, 0.25) is 0 Å². The predicted molar refractivity (Wildman–Crippen MR) is 69.3 cm³/mol. The molecule has 0 spiro atoms. The van der Waals surface area contributed by atoms with Crippen molar-refractivity contribution in [1.82, 2.24) is 4.90 Å².